The number of nitrogen functional groups attached to an aromatic ring is 1. The van der Waals surface area contributed by atoms with E-state index >= 15 is 0 Å². The van der Waals surface area contributed by atoms with E-state index in [9.17, 15) is 8.78 Å². The van der Waals surface area contributed by atoms with Gasteiger partial charge in [-0.25, -0.2) is 13.8 Å². The van der Waals surface area contributed by atoms with Crippen LogP contribution in [0.15, 0.2) is 42.9 Å². The molecule has 138 valence electrons. The van der Waals surface area contributed by atoms with Crippen LogP contribution in [0.4, 0.5) is 14.6 Å². The largest absolute Gasteiger partial charge is 0.452 e. The van der Waals surface area contributed by atoms with Crippen molar-refractivity contribution in [3.63, 3.8) is 0 Å². The molecule has 0 bridgehead atoms. The van der Waals surface area contributed by atoms with E-state index in [-0.39, 0.29) is 18.0 Å². The molecule has 27 heavy (non-hydrogen) atoms. The average molecular weight is 367 g/mol. The predicted molar refractivity (Wildman–Crippen MR) is 98.8 cm³/mol. The minimum absolute atomic E-state index is 0.136. The fourth-order valence-electron chi connectivity index (χ4n) is 3.06. The summed E-state index contributed by atoms with van der Waals surface area (Å²) in [5.74, 6) is 0.00203. The van der Waals surface area contributed by atoms with Crippen molar-refractivity contribution in [1.82, 2.24) is 9.97 Å². The van der Waals surface area contributed by atoms with Crippen LogP contribution in [0, 0.1) is 18.6 Å². The normalized spacial score (nSPS) is 13.6. The first-order valence-corrected chi connectivity index (χ1v) is 8.82. The lowest BCUT2D eigenvalue weighted by Gasteiger charge is -2.13. The summed E-state index contributed by atoms with van der Waals surface area (Å²) >= 11 is 0. The van der Waals surface area contributed by atoms with Gasteiger partial charge in [-0.2, -0.15) is 0 Å². The van der Waals surface area contributed by atoms with Crippen molar-refractivity contribution < 1.29 is 13.5 Å². The molecule has 4 rings (SSSR count). The van der Waals surface area contributed by atoms with Crippen molar-refractivity contribution in [3.8, 4) is 11.5 Å². The zero-order valence-electron chi connectivity index (χ0n) is 14.9. The van der Waals surface area contributed by atoms with Crippen LogP contribution in [0.1, 0.15) is 41.0 Å². The Bertz CT molecular complexity index is 1000. The monoisotopic (exact) mass is 367 g/mol. The molecular weight excluding hydrogens is 348 g/mol. The number of hydrogen-bond donors (Lipinski definition) is 1. The Kier molecular flexibility index (Phi) is 4.48. The SMILES string of the molecule is Cc1c(Cc2ccnc(N)c2F)cncc1Oc1ccc(C2CC2)cc1F. The Morgan fingerprint density at radius 2 is 1.93 bits per heavy atom. The Morgan fingerprint density at radius 1 is 1.11 bits per heavy atom. The third-order valence-electron chi connectivity index (χ3n) is 4.88. The summed E-state index contributed by atoms with van der Waals surface area (Å²) in [6.45, 7) is 1.84. The molecule has 1 fully saturated rings. The third kappa shape index (κ3) is 3.60. The molecule has 1 aliphatic carbocycles. The zero-order chi connectivity index (χ0) is 19.0. The average Bonchev–Trinajstić information content (AvgIpc) is 3.49. The van der Waals surface area contributed by atoms with Gasteiger partial charge in [-0.3, -0.25) is 4.98 Å². The molecule has 0 saturated heterocycles. The molecule has 2 aromatic heterocycles. The van der Waals surface area contributed by atoms with Gasteiger partial charge >= 0.3 is 0 Å². The summed E-state index contributed by atoms with van der Waals surface area (Å²) in [7, 11) is 0. The highest BCUT2D eigenvalue weighted by Crippen LogP contribution is 2.41. The molecule has 0 amide bonds. The maximum absolute atomic E-state index is 14.4. The van der Waals surface area contributed by atoms with Gasteiger partial charge < -0.3 is 10.5 Å². The Morgan fingerprint density at radius 3 is 2.67 bits per heavy atom. The minimum Gasteiger partial charge on any atom is -0.452 e. The quantitative estimate of drug-likeness (QED) is 0.696. The highest BCUT2D eigenvalue weighted by Gasteiger charge is 2.24. The van der Waals surface area contributed by atoms with Crippen LogP contribution in [0.25, 0.3) is 0 Å². The molecule has 1 saturated carbocycles. The maximum atomic E-state index is 14.4. The van der Waals surface area contributed by atoms with Crippen LogP contribution in [0.2, 0.25) is 0 Å². The van der Waals surface area contributed by atoms with Crippen LogP contribution in [0.5, 0.6) is 11.5 Å². The standard InChI is InChI=1S/C21H19F2N3O/c1-12-16(8-15-6-7-26-21(24)20(15)23)10-25-11-19(12)27-18-5-4-14(9-17(18)22)13-2-3-13/h4-7,9-11,13H,2-3,8H2,1H3,(H2,24,26). The number of pyridine rings is 2. The van der Waals surface area contributed by atoms with E-state index in [0.717, 1.165) is 29.5 Å². The van der Waals surface area contributed by atoms with E-state index in [1.807, 2.05) is 13.0 Å². The number of ether oxygens (including phenoxy) is 1. The van der Waals surface area contributed by atoms with Crippen molar-refractivity contribution in [2.24, 2.45) is 0 Å². The van der Waals surface area contributed by atoms with Gasteiger partial charge in [0.2, 0.25) is 0 Å². The van der Waals surface area contributed by atoms with E-state index in [1.54, 1.807) is 18.3 Å². The molecule has 2 N–H and O–H groups in total. The van der Waals surface area contributed by atoms with Crippen LogP contribution in [-0.2, 0) is 6.42 Å². The van der Waals surface area contributed by atoms with Crippen LogP contribution in [0.3, 0.4) is 0 Å². The molecule has 1 aromatic carbocycles. The third-order valence-corrected chi connectivity index (χ3v) is 4.88. The van der Waals surface area contributed by atoms with Crippen LogP contribution >= 0.6 is 0 Å². The molecule has 2 heterocycles. The molecular formula is C21H19F2N3O. The molecule has 0 aliphatic heterocycles. The van der Waals surface area contributed by atoms with Crippen molar-refractivity contribution in [3.05, 3.63) is 76.7 Å². The first kappa shape index (κ1) is 17.4. The van der Waals surface area contributed by atoms with Crippen LogP contribution in [-0.4, -0.2) is 9.97 Å². The lowest BCUT2D eigenvalue weighted by atomic mass is 10.0. The number of nitrogens with two attached hydrogens (primary N) is 1. The number of rotatable bonds is 5. The lowest BCUT2D eigenvalue weighted by molar-refractivity contribution is 0.436. The fraction of sp³-hybridized carbons (Fsp3) is 0.238. The number of anilines is 1. The number of benzene rings is 1. The highest BCUT2D eigenvalue weighted by atomic mass is 19.1. The summed E-state index contributed by atoms with van der Waals surface area (Å²) in [6, 6.07) is 6.67. The van der Waals surface area contributed by atoms with Crippen molar-refractivity contribution in [2.75, 3.05) is 5.73 Å². The summed E-state index contributed by atoms with van der Waals surface area (Å²) < 4.78 is 34.3. The van der Waals surface area contributed by atoms with Crippen LogP contribution < -0.4 is 10.5 Å². The Balaban J connectivity index is 1.59. The van der Waals surface area contributed by atoms with E-state index in [1.165, 1.54) is 18.5 Å². The second-order valence-electron chi connectivity index (χ2n) is 6.83. The summed E-state index contributed by atoms with van der Waals surface area (Å²) in [5, 5.41) is 0. The fourth-order valence-corrected chi connectivity index (χ4v) is 3.06. The van der Waals surface area contributed by atoms with Gasteiger partial charge in [0.25, 0.3) is 0 Å². The molecule has 0 spiro atoms. The topological polar surface area (TPSA) is 61.0 Å². The second-order valence-corrected chi connectivity index (χ2v) is 6.83. The van der Waals surface area contributed by atoms with Crippen molar-refractivity contribution in [1.29, 1.82) is 0 Å². The van der Waals surface area contributed by atoms with Gasteiger partial charge in [0.15, 0.2) is 23.2 Å². The van der Waals surface area contributed by atoms with Gasteiger partial charge in [0.1, 0.15) is 5.75 Å². The first-order valence-electron chi connectivity index (χ1n) is 8.82. The Hall–Kier alpha value is -3.02. The molecule has 0 unspecified atom stereocenters. The Labute approximate surface area is 156 Å². The van der Waals surface area contributed by atoms with E-state index < -0.39 is 11.6 Å². The van der Waals surface area contributed by atoms with E-state index in [2.05, 4.69) is 9.97 Å². The van der Waals surface area contributed by atoms with E-state index in [0.29, 0.717) is 17.2 Å². The van der Waals surface area contributed by atoms with Gasteiger partial charge in [-0.05, 0) is 66.1 Å². The van der Waals surface area contributed by atoms with E-state index in [4.69, 9.17) is 10.5 Å². The molecule has 6 heteroatoms. The summed E-state index contributed by atoms with van der Waals surface area (Å²) in [5.41, 5.74) is 8.50. The molecule has 0 radical (unpaired) electrons. The molecule has 4 nitrogen and oxygen atoms in total. The highest BCUT2D eigenvalue weighted by molar-refractivity contribution is 5.44. The smallest absolute Gasteiger partial charge is 0.168 e. The molecule has 1 aliphatic rings. The van der Waals surface area contributed by atoms with Gasteiger partial charge in [0, 0.05) is 18.8 Å². The lowest BCUT2D eigenvalue weighted by Crippen LogP contribution is -2.02. The zero-order valence-corrected chi connectivity index (χ0v) is 14.9. The molecule has 0 atom stereocenters. The first-order chi connectivity index (χ1) is 13.0. The second kappa shape index (κ2) is 6.95. The summed E-state index contributed by atoms with van der Waals surface area (Å²) in [6.07, 6.45) is 7.15. The van der Waals surface area contributed by atoms with Crippen molar-refractivity contribution >= 4 is 5.82 Å². The van der Waals surface area contributed by atoms with Crippen molar-refractivity contribution in [2.45, 2.75) is 32.1 Å². The number of hydrogen-bond acceptors (Lipinski definition) is 4. The van der Waals surface area contributed by atoms with Gasteiger partial charge in [-0.15, -0.1) is 0 Å². The minimum atomic E-state index is -0.537. The number of aromatic nitrogens is 2. The summed E-state index contributed by atoms with van der Waals surface area (Å²) in [4.78, 5) is 7.89. The number of halogens is 2. The predicted octanol–water partition coefficient (Wildman–Crippen LogP) is 4.91. The molecule has 3 aromatic rings. The van der Waals surface area contributed by atoms with Gasteiger partial charge in [0.05, 0.1) is 6.20 Å². The maximum Gasteiger partial charge on any atom is 0.168 e. The number of nitrogens with zero attached hydrogens (tertiary/aromatic N) is 2. The van der Waals surface area contributed by atoms with Gasteiger partial charge in [-0.1, -0.05) is 6.07 Å².